The maximum absolute atomic E-state index is 12.3. The van der Waals surface area contributed by atoms with Crippen molar-refractivity contribution in [1.82, 2.24) is 0 Å². The molecule has 0 aliphatic carbocycles. The highest BCUT2D eigenvalue weighted by molar-refractivity contribution is 7.92. The van der Waals surface area contributed by atoms with Crippen LogP contribution in [-0.4, -0.2) is 16.8 Å². The average molecular weight is 395 g/mol. The van der Waals surface area contributed by atoms with E-state index in [2.05, 4.69) is 4.72 Å². The molecule has 2 aromatic carbocycles. The second-order valence-electron chi connectivity index (χ2n) is 4.73. The standard InChI is InChI=1S/C13H12Cl2N2O4S2/c1-8-2-4-9(5-3-8)23(20,21)17-13-11(14)6-10(7-12(13)15)22(16,18)19/h2-7,17H,1H3,(H2,16,18,19). The van der Waals surface area contributed by atoms with Crippen molar-refractivity contribution < 1.29 is 16.8 Å². The third-order valence-corrected chi connectivity index (χ3v) is 5.77. The average Bonchev–Trinajstić information content (AvgIpc) is 2.42. The van der Waals surface area contributed by atoms with Crippen molar-refractivity contribution in [1.29, 1.82) is 0 Å². The Balaban J connectivity index is 2.46. The van der Waals surface area contributed by atoms with Crippen molar-refractivity contribution in [3.05, 3.63) is 52.0 Å². The van der Waals surface area contributed by atoms with Gasteiger partial charge in [-0.15, -0.1) is 0 Å². The third-order valence-electron chi connectivity index (χ3n) is 2.91. The van der Waals surface area contributed by atoms with Gasteiger partial charge in [0, 0.05) is 0 Å². The number of benzene rings is 2. The van der Waals surface area contributed by atoms with Crippen molar-refractivity contribution in [2.45, 2.75) is 16.7 Å². The lowest BCUT2D eigenvalue weighted by Gasteiger charge is -2.12. The van der Waals surface area contributed by atoms with Crippen LogP contribution in [0.25, 0.3) is 0 Å². The molecule has 0 bridgehead atoms. The van der Waals surface area contributed by atoms with Gasteiger partial charge in [0.15, 0.2) is 0 Å². The number of hydrogen-bond acceptors (Lipinski definition) is 4. The van der Waals surface area contributed by atoms with E-state index < -0.39 is 20.0 Å². The van der Waals surface area contributed by atoms with Gasteiger partial charge in [-0.1, -0.05) is 40.9 Å². The van der Waals surface area contributed by atoms with E-state index in [0.717, 1.165) is 17.7 Å². The van der Waals surface area contributed by atoms with Crippen molar-refractivity contribution in [2.24, 2.45) is 5.14 Å². The SMILES string of the molecule is Cc1ccc(S(=O)(=O)Nc2c(Cl)cc(S(N)(=O)=O)cc2Cl)cc1. The second-order valence-corrected chi connectivity index (χ2v) is 8.78. The first-order chi connectivity index (χ1) is 10.5. The highest BCUT2D eigenvalue weighted by Crippen LogP contribution is 2.34. The molecule has 3 N–H and O–H groups in total. The monoisotopic (exact) mass is 394 g/mol. The van der Waals surface area contributed by atoms with Gasteiger partial charge in [-0.2, -0.15) is 0 Å². The molecule has 0 heterocycles. The molecule has 0 amide bonds. The predicted molar refractivity (Wildman–Crippen MR) is 89.8 cm³/mol. The summed E-state index contributed by atoms with van der Waals surface area (Å²) in [6, 6.07) is 8.19. The molecule has 10 heteroatoms. The zero-order chi connectivity index (χ0) is 17.4. The summed E-state index contributed by atoms with van der Waals surface area (Å²) < 4.78 is 49.5. The summed E-state index contributed by atoms with van der Waals surface area (Å²) in [7, 11) is -7.93. The first kappa shape index (κ1) is 18.0. The van der Waals surface area contributed by atoms with E-state index in [1.54, 1.807) is 12.1 Å². The minimum Gasteiger partial charge on any atom is -0.277 e. The quantitative estimate of drug-likeness (QED) is 0.830. The molecular formula is C13H12Cl2N2O4S2. The number of primary sulfonamides is 1. The van der Waals surface area contributed by atoms with Crippen LogP contribution in [0, 0.1) is 6.92 Å². The second kappa shape index (κ2) is 6.29. The lowest BCUT2D eigenvalue weighted by Crippen LogP contribution is -2.15. The summed E-state index contributed by atoms with van der Waals surface area (Å²) in [6.45, 7) is 1.82. The van der Waals surface area contributed by atoms with Gasteiger partial charge in [-0.3, -0.25) is 4.72 Å². The lowest BCUT2D eigenvalue weighted by atomic mass is 10.2. The van der Waals surface area contributed by atoms with Gasteiger partial charge in [0.1, 0.15) is 0 Å². The van der Waals surface area contributed by atoms with Crippen molar-refractivity contribution in [3.8, 4) is 0 Å². The van der Waals surface area contributed by atoms with E-state index >= 15 is 0 Å². The van der Waals surface area contributed by atoms with Gasteiger partial charge in [0.2, 0.25) is 10.0 Å². The Morgan fingerprint density at radius 2 is 1.39 bits per heavy atom. The van der Waals surface area contributed by atoms with E-state index in [9.17, 15) is 16.8 Å². The van der Waals surface area contributed by atoms with Crippen molar-refractivity contribution in [2.75, 3.05) is 4.72 Å². The van der Waals surface area contributed by atoms with Gasteiger partial charge in [-0.05, 0) is 31.2 Å². The number of sulfonamides is 2. The van der Waals surface area contributed by atoms with Crippen LogP contribution < -0.4 is 9.86 Å². The molecule has 0 aromatic heterocycles. The molecule has 6 nitrogen and oxygen atoms in total. The first-order valence-electron chi connectivity index (χ1n) is 6.12. The van der Waals surface area contributed by atoms with Gasteiger partial charge < -0.3 is 0 Å². The molecular weight excluding hydrogens is 383 g/mol. The Kier molecular flexibility index (Phi) is 4.93. The molecule has 124 valence electrons. The zero-order valence-corrected chi connectivity index (χ0v) is 14.9. The Morgan fingerprint density at radius 3 is 1.83 bits per heavy atom. The number of hydrogen-bond donors (Lipinski definition) is 2. The van der Waals surface area contributed by atoms with E-state index in [0.29, 0.717) is 0 Å². The summed E-state index contributed by atoms with van der Waals surface area (Å²) in [5, 5.41) is 4.63. The summed E-state index contributed by atoms with van der Waals surface area (Å²) in [6.07, 6.45) is 0. The molecule has 0 saturated carbocycles. The molecule has 2 rings (SSSR count). The number of halogens is 2. The van der Waals surface area contributed by atoms with E-state index in [-0.39, 0.29) is 25.5 Å². The molecule has 0 atom stereocenters. The maximum Gasteiger partial charge on any atom is 0.261 e. The van der Waals surface area contributed by atoms with Gasteiger partial charge in [0.25, 0.3) is 10.0 Å². The summed E-state index contributed by atoms with van der Waals surface area (Å²) in [5.41, 5.74) is 0.777. The fourth-order valence-corrected chi connectivity index (χ4v) is 4.21. The van der Waals surface area contributed by atoms with Crippen LogP contribution in [0.15, 0.2) is 46.2 Å². The molecule has 0 aliphatic heterocycles. The largest absolute Gasteiger partial charge is 0.277 e. The summed E-state index contributed by atoms with van der Waals surface area (Å²) in [4.78, 5) is -0.295. The van der Waals surface area contributed by atoms with Gasteiger partial charge >= 0.3 is 0 Å². The normalized spacial score (nSPS) is 12.2. The van der Waals surface area contributed by atoms with Crippen LogP contribution in [0.1, 0.15) is 5.56 Å². The summed E-state index contributed by atoms with van der Waals surface area (Å²) >= 11 is 11.9. The molecule has 0 unspecified atom stereocenters. The number of anilines is 1. The molecule has 0 fully saturated rings. The molecule has 0 saturated heterocycles. The Bertz CT molecular complexity index is 933. The molecule has 0 spiro atoms. The Labute approximate surface area is 144 Å². The van der Waals surface area contributed by atoms with Crippen LogP contribution in [0.4, 0.5) is 5.69 Å². The van der Waals surface area contributed by atoms with Crippen LogP contribution in [-0.2, 0) is 20.0 Å². The van der Waals surface area contributed by atoms with Gasteiger partial charge in [0.05, 0.1) is 25.5 Å². The zero-order valence-electron chi connectivity index (χ0n) is 11.7. The summed E-state index contributed by atoms with van der Waals surface area (Å²) in [5.74, 6) is 0. The van der Waals surface area contributed by atoms with Crippen LogP contribution in [0.2, 0.25) is 10.0 Å². The van der Waals surface area contributed by atoms with Crippen molar-refractivity contribution >= 4 is 48.9 Å². The third kappa shape index (κ3) is 4.15. The molecule has 2 aromatic rings. The highest BCUT2D eigenvalue weighted by atomic mass is 35.5. The number of rotatable bonds is 4. The number of nitrogens with two attached hydrogens (primary N) is 1. The fraction of sp³-hybridized carbons (Fsp3) is 0.0769. The Hall–Kier alpha value is -1.32. The number of aryl methyl sites for hydroxylation is 1. The molecule has 23 heavy (non-hydrogen) atoms. The predicted octanol–water partition coefficient (Wildman–Crippen LogP) is 2.75. The first-order valence-corrected chi connectivity index (χ1v) is 9.90. The van der Waals surface area contributed by atoms with Crippen molar-refractivity contribution in [3.63, 3.8) is 0 Å². The minimum absolute atomic E-state index is 0.0192. The topological polar surface area (TPSA) is 106 Å². The fourth-order valence-electron chi connectivity index (χ4n) is 1.72. The van der Waals surface area contributed by atoms with E-state index in [1.165, 1.54) is 12.1 Å². The smallest absolute Gasteiger partial charge is 0.261 e. The Morgan fingerprint density at radius 1 is 0.913 bits per heavy atom. The van der Waals surface area contributed by atoms with E-state index in [4.69, 9.17) is 28.3 Å². The maximum atomic E-state index is 12.3. The van der Waals surface area contributed by atoms with Crippen LogP contribution in [0.3, 0.4) is 0 Å². The van der Waals surface area contributed by atoms with Crippen LogP contribution >= 0.6 is 23.2 Å². The molecule has 0 radical (unpaired) electrons. The van der Waals surface area contributed by atoms with Crippen LogP contribution in [0.5, 0.6) is 0 Å². The van der Waals surface area contributed by atoms with Gasteiger partial charge in [-0.25, -0.2) is 22.0 Å². The lowest BCUT2D eigenvalue weighted by molar-refractivity contribution is 0.597. The number of nitrogens with one attached hydrogen (secondary N) is 1. The molecule has 0 aliphatic rings. The minimum atomic E-state index is -4.01. The van der Waals surface area contributed by atoms with E-state index in [1.807, 2.05) is 6.92 Å². The highest BCUT2D eigenvalue weighted by Gasteiger charge is 2.20.